The first kappa shape index (κ1) is 13.6. The molecule has 0 unspecified atom stereocenters. The molecule has 3 heteroatoms. The van der Waals surface area contributed by atoms with E-state index in [1.54, 1.807) is 12.4 Å². The van der Waals surface area contributed by atoms with Crippen molar-refractivity contribution in [2.45, 2.75) is 46.5 Å². The van der Waals surface area contributed by atoms with Crippen LogP contribution in [0.4, 0.5) is 0 Å². The van der Waals surface area contributed by atoms with E-state index in [1.807, 2.05) is 13.0 Å². The number of unbranched alkanes of at least 4 members (excludes halogenated alkanes) is 3. The van der Waals surface area contributed by atoms with Crippen LogP contribution in [0.25, 0.3) is 10.9 Å². The van der Waals surface area contributed by atoms with Gasteiger partial charge in [0.1, 0.15) is 6.33 Å². The number of fused-ring (bicyclic) bond motifs is 1. The number of aryl methyl sites for hydroxylation is 1. The molecule has 0 atom stereocenters. The molecule has 0 bridgehead atoms. The lowest BCUT2D eigenvalue weighted by molar-refractivity contribution is 0.702. The molecule has 2 aromatic heterocycles. The number of pyridine rings is 1. The van der Waals surface area contributed by atoms with E-state index in [0.29, 0.717) is 0 Å². The van der Waals surface area contributed by atoms with Crippen LogP contribution in [-0.4, -0.2) is 15.0 Å². The summed E-state index contributed by atoms with van der Waals surface area (Å²) >= 11 is 0. The average molecular weight is 231 g/mol. The Morgan fingerprint density at radius 2 is 1.76 bits per heavy atom. The predicted octanol–water partition coefficient (Wildman–Crippen LogP) is 3.92. The lowest BCUT2D eigenvalue weighted by Gasteiger charge is -1.96. The van der Waals surface area contributed by atoms with Crippen LogP contribution < -0.4 is 0 Å². The van der Waals surface area contributed by atoms with Crippen molar-refractivity contribution in [3.05, 3.63) is 30.5 Å². The fourth-order valence-electron chi connectivity index (χ4n) is 1.56. The molecule has 0 aliphatic carbocycles. The van der Waals surface area contributed by atoms with Crippen molar-refractivity contribution in [3.63, 3.8) is 0 Å². The summed E-state index contributed by atoms with van der Waals surface area (Å²) < 4.78 is 0. The fraction of sp³-hybridized carbons (Fsp3) is 0.500. The first-order chi connectivity index (χ1) is 8.29. The zero-order valence-corrected chi connectivity index (χ0v) is 11.0. The first-order valence-corrected chi connectivity index (χ1v) is 6.30. The van der Waals surface area contributed by atoms with Crippen LogP contribution in [-0.2, 0) is 0 Å². The third-order valence-electron chi connectivity index (χ3n) is 2.56. The second kappa shape index (κ2) is 7.71. The molecule has 0 fully saturated rings. The molecule has 2 rings (SSSR count). The number of hydrogen-bond acceptors (Lipinski definition) is 3. The SMILES string of the molecule is CCCCCC.Cc1nccc2cncnc12. The third kappa shape index (κ3) is 4.47. The molecule has 2 aromatic rings. The van der Waals surface area contributed by atoms with Crippen LogP contribution in [0.3, 0.4) is 0 Å². The van der Waals surface area contributed by atoms with Gasteiger partial charge in [-0.1, -0.05) is 39.5 Å². The third-order valence-corrected chi connectivity index (χ3v) is 2.56. The highest BCUT2D eigenvalue weighted by molar-refractivity contribution is 5.78. The molecule has 0 aliphatic heterocycles. The zero-order chi connectivity index (χ0) is 12.5. The van der Waals surface area contributed by atoms with Gasteiger partial charge in [-0.2, -0.15) is 0 Å². The van der Waals surface area contributed by atoms with Gasteiger partial charge in [-0.15, -0.1) is 0 Å². The minimum Gasteiger partial charge on any atom is -0.259 e. The van der Waals surface area contributed by atoms with Gasteiger partial charge in [0.25, 0.3) is 0 Å². The monoisotopic (exact) mass is 231 g/mol. The number of aromatic nitrogens is 3. The molecule has 0 amide bonds. The summed E-state index contributed by atoms with van der Waals surface area (Å²) in [5.41, 5.74) is 1.88. The van der Waals surface area contributed by atoms with Crippen molar-refractivity contribution in [2.75, 3.05) is 0 Å². The molecule has 17 heavy (non-hydrogen) atoms. The van der Waals surface area contributed by atoms with Gasteiger partial charge in [0.2, 0.25) is 0 Å². The summed E-state index contributed by atoms with van der Waals surface area (Å²) in [5.74, 6) is 0. The number of rotatable bonds is 3. The van der Waals surface area contributed by atoms with Crippen LogP contribution >= 0.6 is 0 Å². The van der Waals surface area contributed by atoms with Crippen LogP contribution in [0, 0.1) is 6.92 Å². The van der Waals surface area contributed by atoms with E-state index in [1.165, 1.54) is 32.0 Å². The van der Waals surface area contributed by atoms with Gasteiger partial charge in [-0.05, 0) is 13.0 Å². The summed E-state index contributed by atoms with van der Waals surface area (Å²) in [4.78, 5) is 12.1. The Hall–Kier alpha value is -1.51. The number of nitrogens with zero attached hydrogens (tertiary/aromatic N) is 3. The quantitative estimate of drug-likeness (QED) is 0.751. The smallest absolute Gasteiger partial charge is 0.116 e. The molecular formula is C14H21N3. The normalized spacial score (nSPS) is 9.82. The van der Waals surface area contributed by atoms with Crippen molar-refractivity contribution in [2.24, 2.45) is 0 Å². The highest BCUT2D eigenvalue weighted by Gasteiger charge is 1.95. The lowest BCUT2D eigenvalue weighted by atomic mass is 10.2. The van der Waals surface area contributed by atoms with Crippen molar-refractivity contribution >= 4 is 10.9 Å². The Morgan fingerprint density at radius 3 is 2.35 bits per heavy atom. The Bertz CT molecular complexity index is 431. The number of hydrogen-bond donors (Lipinski definition) is 0. The zero-order valence-electron chi connectivity index (χ0n) is 11.0. The van der Waals surface area contributed by atoms with E-state index in [-0.39, 0.29) is 0 Å². The standard InChI is InChI=1S/C8H7N3.C6H14/c1-6-8-7(2-3-10-6)4-9-5-11-8;1-3-5-6-4-2/h2-5H,1H3;3-6H2,1-2H3. The van der Waals surface area contributed by atoms with E-state index in [0.717, 1.165) is 16.6 Å². The van der Waals surface area contributed by atoms with Gasteiger partial charge < -0.3 is 0 Å². The van der Waals surface area contributed by atoms with E-state index in [4.69, 9.17) is 0 Å². The Morgan fingerprint density at radius 1 is 1.06 bits per heavy atom. The summed E-state index contributed by atoms with van der Waals surface area (Å²) in [6.07, 6.45) is 10.6. The fourth-order valence-corrected chi connectivity index (χ4v) is 1.56. The van der Waals surface area contributed by atoms with Crippen LogP contribution in [0.15, 0.2) is 24.8 Å². The molecule has 0 aliphatic rings. The molecule has 0 radical (unpaired) electrons. The Balaban J connectivity index is 0.000000209. The van der Waals surface area contributed by atoms with Gasteiger partial charge in [-0.25, -0.2) is 9.97 Å². The maximum Gasteiger partial charge on any atom is 0.116 e. The summed E-state index contributed by atoms with van der Waals surface area (Å²) in [5, 5.41) is 1.04. The average Bonchev–Trinajstić information content (AvgIpc) is 2.38. The topological polar surface area (TPSA) is 38.7 Å². The molecule has 0 saturated carbocycles. The van der Waals surface area contributed by atoms with Gasteiger partial charge in [0.15, 0.2) is 0 Å². The van der Waals surface area contributed by atoms with Gasteiger partial charge in [-0.3, -0.25) is 4.98 Å². The molecule has 2 heterocycles. The van der Waals surface area contributed by atoms with Crippen LogP contribution in [0.2, 0.25) is 0 Å². The van der Waals surface area contributed by atoms with E-state index in [2.05, 4.69) is 28.8 Å². The van der Waals surface area contributed by atoms with E-state index < -0.39 is 0 Å². The van der Waals surface area contributed by atoms with Crippen LogP contribution in [0.5, 0.6) is 0 Å². The minimum absolute atomic E-state index is 0.933. The molecule has 0 spiro atoms. The van der Waals surface area contributed by atoms with Crippen LogP contribution in [0.1, 0.15) is 45.2 Å². The summed E-state index contributed by atoms with van der Waals surface area (Å²) in [7, 11) is 0. The minimum atomic E-state index is 0.933. The molecule has 0 aromatic carbocycles. The highest BCUT2D eigenvalue weighted by Crippen LogP contribution is 2.09. The molecule has 3 nitrogen and oxygen atoms in total. The predicted molar refractivity (Wildman–Crippen MR) is 71.9 cm³/mol. The maximum absolute atomic E-state index is 4.12. The molecule has 0 saturated heterocycles. The first-order valence-electron chi connectivity index (χ1n) is 6.30. The van der Waals surface area contributed by atoms with Crippen molar-refractivity contribution in [3.8, 4) is 0 Å². The summed E-state index contributed by atoms with van der Waals surface area (Å²) in [6, 6.07) is 1.91. The second-order valence-corrected chi connectivity index (χ2v) is 4.06. The summed E-state index contributed by atoms with van der Waals surface area (Å²) in [6.45, 7) is 6.40. The van der Waals surface area contributed by atoms with Crippen molar-refractivity contribution in [1.29, 1.82) is 0 Å². The van der Waals surface area contributed by atoms with E-state index in [9.17, 15) is 0 Å². The lowest BCUT2D eigenvalue weighted by Crippen LogP contribution is -1.86. The van der Waals surface area contributed by atoms with Crippen molar-refractivity contribution < 1.29 is 0 Å². The maximum atomic E-state index is 4.12. The molecular weight excluding hydrogens is 210 g/mol. The second-order valence-electron chi connectivity index (χ2n) is 4.06. The van der Waals surface area contributed by atoms with Gasteiger partial charge in [0, 0.05) is 17.8 Å². The van der Waals surface area contributed by atoms with Gasteiger partial charge in [0.05, 0.1) is 11.2 Å². The van der Waals surface area contributed by atoms with E-state index >= 15 is 0 Å². The molecule has 0 N–H and O–H groups in total. The highest BCUT2D eigenvalue weighted by atomic mass is 14.8. The molecule has 92 valence electrons. The van der Waals surface area contributed by atoms with Gasteiger partial charge >= 0.3 is 0 Å². The largest absolute Gasteiger partial charge is 0.259 e. The van der Waals surface area contributed by atoms with Crippen molar-refractivity contribution in [1.82, 2.24) is 15.0 Å². The Labute approximate surface area is 103 Å². The Kier molecular flexibility index (Phi) is 6.15.